The minimum atomic E-state index is 0.880. The Kier molecular flexibility index (Phi) is 5.86. The van der Waals surface area contributed by atoms with Crippen molar-refractivity contribution in [1.82, 2.24) is 0 Å². The first kappa shape index (κ1) is 28.8. The van der Waals surface area contributed by atoms with Crippen LogP contribution >= 0.6 is 0 Å². The van der Waals surface area contributed by atoms with Gasteiger partial charge in [-0.1, -0.05) is 152 Å². The lowest BCUT2D eigenvalue weighted by Crippen LogP contribution is -1.93. The highest BCUT2D eigenvalue weighted by molar-refractivity contribution is 6.29. The lowest BCUT2D eigenvalue weighted by molar-refractivity contribution is 0.618. The minimum absolute atomic E-state index is 0.880. The fraction of sp³-hybridized carbons (Fsp3) is 0.0196. The van der Waals surface area contributed by atoms with Crippen LogP contribution in [0.15, 0.2) is 179 Å². The molecular formula is C51H30O2. The van der Waals surface area contributed by atoms with Crippen molar-refractivity contribution in [3.8, 4) is 44.5 Å². The first-order valence-electron chi connectivity index (χ1n) is 18.3. The minimum Gasteiger partial charge on any atom is -0.463 e. The van der Waals surface area contributed by atoms with Crippen LogP contribution < -0.4 is 0 Å². The van der Waals surface area contributed by atoms with E-state index in [1.165, 1.54) is 76.6 Å². The second-order valence-corrected chi connectivity index (χ2v) is 14.3. The van der Waals surface area contributed by atoms with Crippen LogP contribution in [0.3, 0.4) is 0 Å². The van der Waals surface area contributed by atoms with E-state index in [9.17, 15) is 0 Å². The fourth-order valence-corrected chi connectivity index (χ4v) is 9.33. The lowest BCUT2D eigenvalue weighted by atomic mass is 9.83. The van der Waals surface area contributed by atoms with E-state index in [-0.39, 0.29) is 0 Å². The largest absolute Gasteiger partial charge is 0.463 e. The van der Waals surface area contributed by atoms with Gasteiger partial charge in [-0.15, -0.1) is 0 Å². The summed E-state index contributed by atoms with van der Waals surface area (Å²) in [6.45, 7) is 0. The van der Waals surface area contributed by atoms with Crippen molar-refractivity contribution >= 4 is 65.2 Å². The Morgan fingerprint density at radius 2 is 1.00 bits per heavy atom. The summed E-state index contributed by atoms with van der Waals surface area (Å²) in [5.41, 5.74) is 15.0. The molecule has 0 radical (unpaired) electrons. The van der Waals surface area contributed by atoms with E-state index in [0.717, 1.165) is 50.6 Å². The first-order valence-corrected chi connectivity index (χ1v) is 18.3. The molecule has 0 fully saturated rings. The van der Waals surface area contributed by atoms with Gasteiger partial charge in [0.05, 0.1) is 6.26 Å². The molecule has 0 saturated heterocycles. The molecule has 0 amide bonds. The van der Waals surface area contributed by atoms with Crippen molar-refractivity contribution < 1.29 is 8.83 Å². The van der Waals surface area contributed by atoms with Gasteiger partial charge in [0, 0.05) is 38.4 Å². The highest BCUT2D eigenvalue weighted by atomic mass is 16.3. The van der Waals surface area contributed by atoms with Crippen LogP contribution in [-0.4, -0.2) is 0 Å². The standard InChI is InChI=1S/C51H30O2/c1-2-13-30(14-3-1)43-29-52-50-39(43)26-25-33-27-32-16-12-23-41(45(32)46(33)50)47-35-18-6-8-20-37(35)48(38-21-9-7-19-36(38)47)42-28-31-15-4-5-17-34(31)49-40-22-10-11-24-44(40)53-51(42)49/h1-26,28-29H,27H2. The maximum absolute atomic E-state index is 6.82. The SMILES string of the molecule is c1ccc(-c2coc3c4c(ccc23)Cc2cccc(-c3c5ccccc5c(-c5cc6ccccc6c6c5oc5ccccc56)c5ccccc35)c2-4)cc1. The zero-order valence-corrected chi connectivity index (χ0v) is 28.7. The summed E-state index contributed by atoms with van der Waals surface area (Å²) in [6, 6.07) is 59.3. The Bertz CT molecular complexity index is 3250. The predicted octanol–water partition coefficient (Wildman–Crippen LogP) is 14.4. The molecule has 0 bridgehead atoms. The molecule has 2 heteroatoms. The molecule has 2 aromatic heterocycles. The number of hydrogen-bond acceptors (Lipinski definition) is 2. The molecule has 246 valence electrons. The van der Waals surface area contributed by atoms with E-state index in [0.29, 0.717) is 0 Å². The molecule has 0 unspecified atom stereocenters. The van der Waals surface area contributed by atoms with Gasteiger partial charge in [0.1, 0.15) is 16.7 Å². The summed E-state index contributed by atoms with van der Waals surface area (Å²) >= 11 is 0. The maximum Gasteiger partial charge on any atom is 0.143 e. The van der Waals surface area contributed by atoms with Crippen molar-refractivity contribution in [3.05, 3.63) is 181 Å². The Hall–Kier alpha value is -6.90. The monoisotopic (exact) mass is 674 g/mol. The molecule has 0 N–H and O–H groups in total. The number of hydrogen-bond donors (Lipinski definition) is 0. The molecule has 12 rings (SSSR count). The van der Waals surface area contributed by atoms with Crippen molar-refractivity contribution in [1.29, 1.82) is 0 Å². The van der Waals surface area contributed by atoms with E-state index in [2.05, 4.69) is 164 Å². The van der Waals surface area contributed by atoms with Crippen molar-refractivity contribution in [3.63, 3.8) is 0 Å². The van der Waals surface area contributed by atoms with E-state index in [1.54, 1.807) is 0 Å². The van der Waals surface area contributed by atoms with Crippen LogP contribution in [0.25, 0.3) is 110 Å². The highest BCUT2D eigenvalue weighted by Gasteiger charge is 2.29. The smallest absolute Gasteiger partial charge is 0.143 e. The predicted molar refractivity (Wildman–Crippen MR) is 221 cm³/mol. The van der Waals surface area contributed by atoms with Gasteiger partial charge in [-0.05, 0) is 84.3 Å². The van der Waals surface area contributed by atoms with Crippen LogP contribution in [0.2, 0.25) is 0 Å². The number of rotatable bonds is 3. The molecule has 2 heterocycles. The molecule has 11 aromatic rings. The first-order chi connectivity index (χ1) is 26.3. The summed E-state index contributed by atoms with van der Waals surface area (Å²) in [5.74, 6) is 0. The van der Waals surface area contributed by atoms with Crippen LogP contribution in [0.5, 0.6) is 0 Å². The van der Waals surface area contributed by atoms with Gasteiger partial charge >= 0.3 is 0 Å². The Labute approximate surface area is 305 Å². The molecular weight excluding hydrogens is 645 g/mol. The third-order valence-electron chi connectivity index (χ3n) is 11.5. The molecule has 0 atom stereocenters. The second kappa shape index (κ2) is 10.8. The van der Waals surface area contributed by atoms with Crippen molar-refractivity contribution in [2.45, 2.75) is 6.42 Å². The Morgan fingerprint density at radius 3 is 1.75 bits per heavy atom. The highest BCUT2D eigenvalue weighted by Crippen LogP contribution is 2.53. The van der Waals surface area contributed by atoms with Gasteiger partial charge < -0.3 is 8.83 Å². The zero-order chi connectivity index (χ0) is 34.6. The van der Waals surface area contributed by atoms with Crippen molar-refractivity contribution in [2.24, 2.45) is 0 Å². The van der Waals surface area contributed by atoms with Crippen LogP contribution in [-0.2, 0) is 6.42 Å². The molecule has 2 nitrogen and oxygen atoms in total. The fourth-order valence-electron chi connectivity index (χ4n) is 9.33. The topological polar surface area (TPSA) is 26.3 Å². The molecule has 1 aliphatic carbocycles. The van der Waals surface area contributed by atoms with E-state index >= 15 is 0 Å². The summed E-state index contributed by atoms with van der Waals surface area (Å²) in [7, 11) is 0. The zero-order valence-electron chi connectivity index (χ0n) is 28.7. The molecule has 0 saturated carbocycles. The summed E-state index contributed by atoms with van der Waals surface area (Å²) in [4.78, 5) is 0. The number of fused-ring (bicyclic) bond motifs is 12. The van der Waals surface area contributed by atoms with Gasteiger partial charge in [0.25, 0.3) is 0 Å². The van der Waals surface area contributed by atoms with Crippen LogP contribution in [0.1, 0.15) is 11.1 Å². The molecule has 0 aliphatic heterocycles. The molecule has 0 spiro atoms. The maximum atomic E-state index is 6.82. The van der Waals surface area contributed by atoms with Gasteiger partial charge in [-0.2, -0.15) is 0 Å². The van der Waals surface area contributed by atoms with Gasteiger partial charge in [-0.3, -0.25) is 0 Å². The molecule has 9 aromatic carbocycles. The van der Waals surface area contributed by atoms with E-state index in [1.807, 2.05) is 6.26 Å². The normalized spacial score (nSPS) is 12.5. The van der Waals surface area contributed by atoms with Gasteiger partial charge in [-0.25, -0.2) is 0 Å². The summed E-state index contributed by atoms with van der Waals surface area (Å²) in [5, 5.41) is 10.7. The van der Waals surface area contributed by atoms with Crippen molar-refractivity contribution in [2.75, 3.05) is 0 Å². The second-order valence-electron chi connectivity index (χ2n) is 14.3. The quantitative estimate of drug-likeness (QED) is 0.174. The molecule has 1 aliphatic rings. The van der Waals surface area contributed by atoms with Crippen LogP contribution in [0.4, 0.5) is 0 Å². The average Bonchev–Trinajstić information content (AvgIpc) is 3.94. The van der Waals surface area contributed by atoms with E-state index < -0.39 is 0 Å². The number of para-hydroxylation sites is 1. The third-order valence-corrected chi connectivity index (χ3v) is 11.5. The lowest BCUT2D eigenvalue weighted by Gasteiger charge is -2.20. The number of furan rings is 2. The van der Waals surface area contributed by atoms with Gasteiger partial charge in [0.2, 0.25) is 0 Å². The summed E-state index contributed by atoms with van der Waals surface area (Å²) < 4.78 is 13.4. The number of benzene rings is 9. The Balaban J connectivity index is 1.19. The van der Waals surface area contributed by atoms with Gasteiger partial charge in [0.15, 0.2) is 0 Å². The average molecular weight is 675 g/mol. The summed E-state index contributed by atoms with van der Waals surface area (Å²) in [6.07, 6.45) is 2.81. The van der Waals surface area contributed by atoms with E-state index in [4.69, 9.17) is 8.83 Å². The van der Waals surface area contributed by atoms with Crippen LogP contribution in [0, 0.1) is 0 Å². The Morgan fingerprint density at radius 1 is 0.377 bits per heavy atom. The molecule has 53 heavy (non-hydrogen) atoms. The third kappa shape index (κ3) is 3.98.